The van der Waals surface area contributed by atoms with Gasteiger partial charge in [-0.25, -0.2) is 9.18 Å². The molecule has 0 radical (unpaired) electrons. The average Bonchev–Trinajstić information content (AvgIpc) is 3.31. The molecule has 2 N–H and O–H groups in total. The third kappa shape index (κ3) is 3.77. The minimum atomic E-state index is -0.309. The van der Waals surface area contributed by atoms with Gasteiger partial charge >= 0.3 is 6.03 Å². The third-order valence-electron chi connectivity index (χ3n) is 4.07. The molecule has 1 saturated carbocycles. The SMILES string of the molecule is O=C(NCC1(c2ccc(F)cc2)CC1)Nc1ccc(Cl)c(Cl)c1. The van der Waals surface area contributed by atoms with Gasteiger partial charge in [0, 0.05) is 17.6 Å². The smallest absolute Gasteiger partial charge is 0.319 e. The molecule has 1 aliphatic carbocycles. The fraction of sp³-hybridized carbons (Fsp3) is 0.235. The Bertz CT molecular complexity index is 730. The Morgan fingerprint density at radius 2 is 1.78 bits per heavy atom. The molecule has 2 amide bonds. The van der Waals surface area contributed by atoms with Gasteiger partial charge in [-0.1, -0.05) is 35.3 Å². The Kier molecular flexibility index (Phi) is 4.46. The third-order valence-corrected chi connectivity index (χ3v) is 4.81. The summed E-state index contributed by atoms with van der Waals surface area (Å²) >= 11 is 11.8. The monoisotopic (exact) mass is 352 g/mol. The molecule has 2 aromatic carbocycles. The standard InChI is InChI=1S/C17H15Cl2FN2O/c18-14-6-5-13(9-15(14)19)22-16(23)21-10-17(7-8-17)11-1-3-12(20)4-2-11/h1-6,9H,7-8,10H2,(H2,21,22,23). The number of anilines is 1. The minimum Gasteiger partial charge on any atom is -0.337 e. The zero-order valence-corrected chi connectivity index (χ0v) is 13.7. The fourth-order valence-corrected chi connectivity index (χ4v) is 2.82. The Morgan fingerprint density at radius 3 is 2.39 bits per heavy atom. The number of urea groups is 1. The van der Waals surface area contributed by atoms with E-state index in [1.54, 1.807) is 30.3 Å². The van der Waals surface area contributed by atoms with Crippen molar-refractivity contribution in [3.8, 4) is 0 Å². The highest BCUT2D eigenvalue weighted by Gasteiger charge is 2.44. The van der Waals surface area contributed by atoms with Crippen LogP contribution in [-0.2, 0) is 5.41 Å². The van der Waals surface area contributed by atoms with E-state index < -0.39 is 0 Å². The molecule has 0 bridgehead atoms. The van der Waals surface area contributed by atoms with E-state index in [0.29, 0.717) is 22.3 Å². The van der Waals surface area contributed by atoms with Gasteiger partial charge in [0.1, 0.15) is 5.82 Å². The number of hydrogen-bond acceptors (Lipinski definition) is 1. The van der Waals surface area contributed by atoms with Crippen molar-refractivity contribution in [2.75, 3.05) is 11.9 Å². The van der Waals surface area contributed by atoms with Gasteiger partial charge in [-0.2, -0.15) is 0 Å². The molecule has 0 heterocycles. The Labute approximate surface area is 143 Å². The second kappa shape index (κ2) is 6.38. The number of nitrogens with one attached hydrogen (secondary N) is 2. The van der Waals surface area contributed by atoms with Crippen LogP contribution in [0.15, 0.2) is 42.5 Å². The summed E-state index contributed by atoms with van der Waals surface area (Å²) in [5, 5.41) is 6.40. The first-order valence-corrected chi connectivity index (χ1v) is 8.00. The highest BCUT2D eigenvalue weighted by Crippen LogP contribution is 2.47. The molecule has 0 atom stereocenters. The molecule has 3 rings (SSSR count). The van der Waals surface area contributed by atoms with Crippen LogP contribution in [0.2, 0.25) is 10.0 Å². The van der Waals surface area contributed by atoms with Crippen molar-refractivity contribution in [3.05, 3.63) is 63.9 Å². The zero-order chi connectivity index (χ0) is 16.4. The zero-order valence-electron chi connectivity index (χ0n) is 12.2. The minimum absolute atomic E-state index is 0.0807. The molecule has 120 valence electrons. The molecule has 0 spiro atoms. The van der Waals surface area contributed by atoms with Crippen LogP contribution < -0.4 is 10.6 Å². The maximum Gasteiger partial charge on any atom is 0.319 e. The Morgan fingerprint density at radius 1 is 1.09 bits per heavy atom. The number of benzene rings is 2. The molecule has 0 aliphatic heterocycles. The summed E-state index contributed by atoms with van der Waals surface area (Å²) < 4.78 is 13.0. The summed E-state index contributed by atoms with van der Waals surface area (Å²) in [6.07, 6.45) is 1.96. The molecule has 1 aliphatic rings. The van der Waals surface area contributed by atoms with Crippen LogP contribution in [0.5, 0.6) is 0 Å². The van der Waals surface area contributed by atoms with Gasteiger partial charge in [0.25, 0.3) is 0 Å². The van der Waals surface area contributed by atoms with Crippen molar-refractivity contribution in [2.45, 2.75) is 18.3 Å². The second-order valence-corrected chi connectivity index (χ2v) is 6.54. The van der Waals surface area contributed by atoms with Crippen molar-refractivity contribution in [1.29, 1.82) is 0 Å². The molecule has 0 aromatic heterocycles. The van der Waals surface area contributed by atoms with Crippen LogP contribution in [0, 0.1) is 5.82 Å². The quantitative estimate of drug-likeness (QED) is 0.799. The van der Waals surface area contributed by atoms with E-state index in [1.165, 1.54) is 12.1 Å². The van der Waals surface area contributed by atoms with Crippen LogP contribution in [-0.4, -0.2) is 12.6 Å². The first kappa shape index (κ1) is 16.1. The highest BCUT2D eigenvalue weighted by molar-refractivity contribution is 6.42. The second-order valence-electron chi connectivity index (χ2n) is 5.72. The molecule has 3 nitrogen and oxygen atoms in total. The van der Waals surface area contributed by atoms with Crippen LogP contribution in [0.3, 0.4) is 0 Å². The van der Waals surface area contributed by atoms with Gasteiger partial charge in [-0.15, -0.1) is 0 Å². The largest absolute Gasteiger partial charge is 0.337 e. The van der Waals surface area contributed by atoms with E-state index in [2.05, 4.69) is 10.6 Å². The predicted molar refractivity (Wildman–Crippen MR) is 90.8 cm³/mol. The predicted octanol–water partition coefficient (Wildman–Crippen LogP) is 4.99. The van der Waals surface area contributed by atoms with Crippen molar-refractivity contribution < 1.29 is 9.18 Å². The molecule has 0 unspecified atom stereocenters. The Hall–Kier alpha value is -1.78. The van der Waals surface area contributed by atoms with E-state index in [1.807, 2.05) is 0 Å². The highest BCUT2D eigenvalue weighted by atomic mass is 35.5. The maximum atomic E-state index is 13.0. The van der Waals surface area contributed by atoms with Gasteiger partial charge in [-0.3, -0.25) is 0 Å². The lowest BCUT2D eigenvalue weighted by Crippen LogP contribution is -2.35. The van der Waals surface area contributed by atoms with E-state index in [0.717, 1.165) is 18.4 Å². The van der Waals surface area contributed by atoms with E-state index >= 15 is 0 Å². The van der Waals surface area contributed by atoms with Crippen molar-refractivity contribution in [2.24, 2.45) is 0 Å². The molecule has 2 aromatic rings. The first-order chi connectivity index (χ1) is 11.0. The first-order valence-electron chi connectivity index (χ1n) is 7.24. The molecular formula is C17H15Cl2FN2O. The van der Waals surface area contributed by atoms with Crippen LogP contribution in [0.4, 0.5) is 14.9 Å². The van der Waals surface area contributed by atoms with Crippen LogP contribution in [0.1, 0.15) is 18.4 Å². The average molecular weight is 353 g/mol. The van der Waals surface area contributed by atoms with Gasteiger partial charge in [0.05, 0.1) is 10.0 Å². The Balaban J connectivity index is 1.58. The lowest BCUT2D eigenvalue weighted by atomic mass is 9.96. The van der Waals surface area contributed by atoms with E-state index in [9.17, 15) is 9.18 Å². The number of halogens is 3. The number of rotatable bonds is 4. The number of hydrogen-bond donors (Lipinski definition) is 2. The summed E-state index contributed by atoms with van der Waals surface area (Å²) in [7, 11) is 0. The fourth-order valence-electron chi connectivity index (χ4n) is 2.52. The molecular weight excluding hydrogens is 338 g/mol. The molecule has 23 heavy (non-hydrogen) atoms. The summed E-state index contributed by atoms with van der Waals surface area (Å²) in [6, 6.07) is 11.0. The van der Waals surface area contributed by atoms with Gasteiger partial charge in [-0.05, 0) is 48.7 Å². The normalized spacial score (nSPS) is 15.1. The van der Waals surface area contributed by atoms with Crippen LogP contribution >= 0.6 is 23.2 Å². The van der Waals surface area contributed by atoms with E-state index in [-0.39, 0.29) is 17.3 Å². The summed E-state index contributed by atoms with van der Waals surface area (Å²) in [5.41, 5.74) is 1.54. The van der Waals surface area contributed by atoms with Crippen molar-refractivity contribution in [3.63, 3.8) is 0 Å². The summed E-state index contributed by atoms with van der Waals surface area (Å²) in [4.78, 5) is 12.0. The van der Waals surface area contributed by atoms with Gasteiger partial charge in [0.2, 0.25) is 0 Å². The summed E-state index contributed by atoms with van der Waals surface area (Å²) in [5.74, 6) is -0.255. The molecule has 1 fully saturated rings. The van der Waals surface area contributed by atoms with Gasteiger partial charge in [0.15, 0.2) is 0 Å². The van der Waals surface area contributed by atoms with Crippen molar-refractivity contribution in [1.82, 2.24) is 5.32 Å². The number of carbonyl (C=O) groups excluding carboxylic acids is 1. The molecule has 6 heteroatoms. The maximum absolute atomic E-state index is 13.0. The lowest BCUT2D eigenvalue weighted by molar-refractivity contribution is 0.251. The topological polar surface area (TPSA) is 41.1 Å². The van der Waals surface area contributed by atoms with Gasteiger partial charge < -0.3 is 10.6 Å². The molecule has 0 saturated heterocycles. The van der Waals surface area contributed by atoms with E-state index in [4.69, 9.17) is 23.2 Å². The number of carbonyl (C=O) groups is 1. The van der Waals surface area contributed by atoms with Crippen LogP contribution in [0.25, 0.3) is 0 Å². The number of amides is 2. The summed E-state index contributed by atoms with van der Waals surface area (Å²) in [6.45, 7) is 0.506. The van der Waals surface area contributed by atoms with Crippen molar-refractivity contribution >= 4 is 34.9 Å². The lowest BCUT2D eigenvalue weighted by Gasteiger charge is -2.17.